The molecule has 4 nitrogen and oxygen atoms in total. The summed E-state index contributed by atoms with van der Waals surface area (Å²) in [6.45, 7) is 3.71. The maximum absolute atomic E-state index is 8.60. The molecule has 0 unspecified atom stereocenters. The zero-order valence-corrected chi connectivity index (χ0v) is 7.15. The Bertz CT molecular complexity index is 296. The predicted octanol–water partition coefficient (Wildman–Crippen LogP) is 1.37. The van der Waals surface area contributed by atoms with Gasteiger partial charge in [0.1, 0.15) is 11.5 Å². The molecule has 12 heavy (non-hydrogen) atoms. The van der Waals surface area contributed by atoms with Gasteiger partial charge >= 0.3 is 0 Å². The fraction of sp³-hybridized carbons (Fsp3) is 0.375. The molecule has 0 aliphatic heterocycles. The topological polar surface area (TPSA) is 58.4 Å². The van der Waals surface area contributed by atoms with E-state index in [9.17, 15) is 0 Å². The van der Waals surface area contributed by atoms with Crippen LogP contribution in [0.25, 0.3) is 0 Å². The molecule has 0 bridgehead atoms. The predicted molar refractivity (Wildman–Crippen MR) is 45.4 cm³/mol. The third-order valence-corrected chi connectivity index (χ3v) is 1.53. The summed E-state index contributed by atoms with van der Waals surface area (Å²) < 4.78 is 0. The van der Waals surface area contributed by atoms with Crippen molar-refractivity contribution in [3.8, 4) is 0 Å². The Morgan fingerprint density at radius 2 is 2.42 bits per heavy atom. The first-order valence-electron chi connectivity index (χ1n) is 3.79. The molecule has 0 atom stereocenters. The van der Waals surface area contributed by atoms with E-state index in [1.807, 2.05) is 6.92 Å². The number of aryl methyl sites for hydroxylation is 1. The summed E-state index contributed by atoms with van der Waals surface area (Å²) in [7, 11) is 0. The molecule has 1 heterocycles. The van der Waals surface area contributed by atoms with Gasteiger partial charge in [-0.25, -0.2) is 9.97 Å². The second-order valence-corrected chi connectivity index (χ2v) is 2.39. The van der Waals surface area contributed by atoms with Gasteiger partial charge in [0.15, 0.2) is 0 Å². The molecule has 0 saturated heterocycles. The molecule has 0 saturated carbocycles. The van der Waals surface area contributed by atoms with Gasteiger partial charge in [0.05, 0.1) is 5.69 Å². The summed E-state index contributed by atoms with van der Waals surface area (Å²) in [5.41, 5.74) is 1.27. The third-order valence-electron chi connectivity index (χ3n) is 1.53. The largest absolute Gasteiger partial charge is 0.411 e. The minimum atomic E-state index is 0.584. The van der Waals surface area contributed by atoms with Crippen molar-refractivity contribution < 1.29 is 5.21 Å². The number of aromatic nitrogens is 2. The van der Waals surface area contributed by atoms with E-state index in [4.69, 9.17) is 5.21 Å². The summed E-state index contributed by atoms with van der Waals surface area (Å²) >= 11 is 0. The smallest absolute Gasteiger partial charge is 0.125 e. The molecule has 1 aromatic rings. The number of hydrogen-bond donors (Lipinski definition) is 1. The fourth-order valence-corrected chi connectivity index (χ4v) is 0.920. The number of hydrogen-bond acceptors (Lipinski definition) is 4. The lowest BCUT2D eigenvalue weighted by molar-refractivity contribution is 0.318. The van der Waals surface area contributed by atoms with Gasteiger partial charge in [-0.3, -0.25) is 0 Å². The van der Waals surface area contributed by atoms with Crippen molar-refractivity contribution in [2.24, 2.45) is 5.16 Å². The van der Waals surface area contributed by atoms with E-state index in [-0.39, 0.29) is 0 Å². The second-order valence-electron chi connectivity index (χ2n) is 2.39. The van der Waals surface area contributed by atoms with E-state index < -0.39 is 0 Å². The van der Waals surface area contributed by atoms with Gasteiger partial charge in [0.25, 0.3) is 0 Å². The van der Waals surface area contributed by atoms with Crippen LogP contribution in [0.1, 0.15) is 24.9 Å². The highest BCUT2D eigenvalue weighted by atomic mass is 16.4. The standard InChI is InChI=1S/C8H11N3O/c1-3-7(11-12)8-4-5-9-6(2)10-8/h4-5,12H,3H2,1-2H3/b11-7-. The van der Waals surface area contributed by atoms with Gasteiger partial charge in [0, 0.05) is 6.20 Å². The molecule has 0 spiro atoms. The lowest BCUT2D eigenvalue weighted by Gasteiger charge is -1.99. The van der Waals surface area contributed by atoms with Crippen LogP contribution in [0.15, 0.2) is 17.4 Å². The van der Waals surface area contributed by atoms with Gasteiger partial charge in [-0.05, 0) is 19.4 Å². The van der Waals surface area contributed by atoms with Crippen molar-refractivity contribution in [2.75, 3.05) is 0 Å². The second kappa shape index (κ2) is 3.80. The Labute approximate surface area is 71.0 Å². The van der Waals surface area contributed by atoms with Crippen LogP contribution in [-0.2, 0) is 0 Å². The quantitative estimate of drug-likeness (QED) is 0.409. The minimum absolute atomic E-state index is 0.584. The Balaban J connectivity index is 3.02. The van der Waals surface area contributed by atoms with Crippen LogP contribution in [0.2, 0.25) is 0 Å². The van der Waals surface area contributed by atoms with Gasteiger partial charge in [-0.1, -0.05) is 12.1 Å². The highest BCUT2D eigenvalue weighted by Gasteiger charge is 2.02. The van der Waals surface area contributed by atoms with Crippen molar-refractivity contribution in [3.63, 3.8) is 0 Å². The van der Waals surface area contributed by atoms with Gasteiger partial charge in [-0.15, -0.1) is 0 Å². The van der Waals surface area contributed by atoms with Crippen LogP contribution >= 0.6 is 0 Å². The molecule has 1 aromatic heterocycles. The molecule has 64 valence electrons. The van der Waals surface area contributed by atoms with Gasteiger partial charge in [-0.2, -0.15) is 0 Å². The first-order valence-corrected chi connectivity index (χ1v) is 3.79. The maximum atomic E-state index is 8.60. The van der Waals surface area contributed by atoms with E-state index in [1.165, 1.54) is 0 Å². The normalized spacial score (nSPS) is 11.7. The highest BCUT2D eigenvalue weighted by Crippen LogP contribution is 2.00. The Hall–Kier alpha value is -1.45. The maximum Gasteiger partial charge on any atom is 0.125 e. The molecule has 1 N–H and O–H groups in total. The van der Waals surface area contributed by atoms with Crippen LogP contribution < -0.4 is 0 Å². The molecular weight excluding hydrogens is 154 g/mol. The molecule has 0 aliphatic carbocycles. The average molecular weight is 165 g/mol. The Kier molecular flexibility index (Phi) is 2.74. The molecule has 1 rings (SSSR count). The molecule has 0 aliphatic rings. The highest BCUT2D eigenvalue weighted by molar-refractivity contribution is 5.98. The van der Waals surface area contributed by atoms with Crippen LogP contribution in [0.4, 0.5) is 0 Å². The summed E-state index contributed by atoms with van der Waals surface area (Å²) in [6.07, 6.45) is 2.31. The van der Waals surface area contributed by atoms with E-state index in [1.54, 1.807) is 19.2 Å². The van der Waals surface area contributed by atoms with Crippen LogP contribution in [-0.4, -0.2) is 20.9 Å². The number of oxime groups is 1. The Morgan fingerprint density at radius 1 is 1.67 bits per heavy atom. The Morgan fingerprint density at radius 3 is 2.92 bits per heavy atom. The lowest BCUT2D eigenvalue weighted by Crippen LogP contribution is -2.03. The zero-order chi connectivity index (χ0) is 8.97. The van der Waals surface area contributed by atoms with Crippen LogP contribution in [0.3, 0.4) is 0 Å². The molecule has 0 amide bonds. The monoisotopic (exact) mass is 165 g/mol. The summed E-state index contributed by atoms with van der Waals surface area (Å²) in [4.78, 5) is 8.06. The van der Waals surface area contributed by atoms with Gasteiger partial charge < -0.3 is 5.21 Å². The number of rotatable bonds is 2. The van der Waals surface area contributed by atoms with Crippen molar-refractivity contribution in [3.05, 3.63) is 23.8 Å². The van der Waals surface area contributed by atoms with E-state index >= 15 is 0 Å². The van der Waals surface area contributed by atoms with Crippen molar-refractivity contribution >= 4 is 5.71 Å². The SMILES string of the molecule is CC/C(=N/O)c1ccnc(C)n1. The summed E-state index contributed by atoms with van der Waals surface area (Å²) in [5, 5.41) is 11.7. The molecular formula is C8H11N3O. The molecule has 4 heteroatoms. The van der Waals surface area contributed by atoms with Crippen molar-refractivity contribution in [2.45, 2.75) is 20.3 Å². The first kappa shape index (κ1) is 8.64. The summed E-state index contributed by atoms with van der Waals surface area (Å²) in [6, 6.07) is 1.73. The van der Waals surface area contributed by atoms with Crippen LogP contribution in [0.5, 0.6) is 0 Å². The fourth-order valence-electron chi connectivity index (χ4n) is 0.920. The van der Waals surface area contributed by atoms with E-state index in [0.717, 1.165) is 0 Å². The minimum Gasteiger partial charge on any atom is -0.411 e. The molecule has 0 aromatic carbocycles. The van der Waals surface area contributed by atoms with Gasteiger partial charge in [0.2, 0.25) is 0 Å². The average Bonchev–Trinajstić information content (AvgIpc) is 2.07. The zero-order valence-electron chi connectivity index (χ0n) is 7.15. The van der Waals surface area contributed by atoms with E-state index in [2.05, 4.69) is 15.1 Å². The van der Waals surface area contributed by atoms with Crippen LogP contribution in [0, 0.1) is 6.92 Å². The molecule has 0 radical (unpaired) electrons. The van der Waals surface area contributed by atoms with E-state index in [0.29, 0.717) is 23.7 Å². The van der Waals surface area contributed by atoms with Crippen molar-refractivity contribution in [1.29, 1.82) is 0 Å². The first-order chi connectivity index (χ1) is 5.77. The van der Waals surface area contributed by atoms with Crippen molar-refractivity contribution in [1.82, 2.24) is 9.97 Å². The number of nitrogens with zero attached hydrogens (tertiary/aromatic N) is 3. The molecule has 0 fully saturated rings. The third kappa shape index (κ3) is 1.78. The lowest BCUT2D eigenvalue weighted by atomic mass is 10.2. The summed E-state index contributed by atoms with van der Waals surface area (Å²) in [5.74, 6) is 0.683.